The number of fused-ring (bicyclic) bond motifs is 1. The Morgan fingerprint density at radius 1 is 1.34 bits per heavy atom. The molecule has 1 unspecified atom stereocenters. The summed E-state index contributed by atoms with van der Waals surface area (Å²) >= 11 is 1.17. The molecule has 1 aromatic carbocycles. The van der Waals surface area contributed by atoms with Crippen molar-refractivity contribution in [2.45, 2.75) is 23.0 Å². The predicted molar refractivity (Wildman–Crippen MR) is 89.4 cm³/mol. The quantitative estimate of drug-likeness (QED) is 0.700. The van der Waals surface area contributed by atoms with E-state index in [-0.39, 0.29) is 17.0 Å². The van der Waals surface area contributed by atoms with Crippen LogP contribution in [0.5, 0.6) is 0 Å². The SMILES string of the molecule is COC(F)(c1nnc(-c2ccc3c(c2)NC(=O)[C@@H](OC(N)=O)CS3)o1)C(F)(F)F. The van der Waals surface area contributed by atoms with Crippen molar-refractivity contribution in [2.75, 3.05) is 18.2 Å². The van der Waals surface area contributed by atoms with Gasteiger partial charge in [-0.15, -0.1) is 22.0 Å². The molecule has 0 saturated heterocycles. The van der Waals surface area contributed by atoms with Crippen LogP contribution in [-0.4, -0.2) is 47.3 Å². The number of anilines is 1. The molecule has 1 aliphatic rings. The van der Waals surface area contributed by atoms with Crippen LogP contribution in [0.2, 0.25) is 0 Å². The zero-order valence-corrected chi connectivity index (χ0v) is 15.3. The standard InChI is InChI=1S/C15H12F4N4O5S/c1-26-14(16,15(17,18)19)12-23-22-11(28-12)6-2-3-9-7(4-6)21-10(24)8(5-29-9)27-13(20)25/h2-4,8H,5H2,1H3,(H2,20,25)(H,21,24)/t8-,14?/m0/s1. The maximum absolute atomic E-state index is 14.2. The molecule has 9 nitrogen and oxygen atoms in total. The maximum Gasteiger partial charge on any atom is 0.458 e. The molecule has 156 valence electrons. The molecule has 0 spiro atoms. The summed E-state index contributed by atoms with van der Waals surface area (Å²) in [5, 5.41) is 9.01. The van der Waals surface area contributed by atoms with Crippen LogP contribution in [0.15, 0.2) is 27.5 Å². The number of hydrogen-bond acceptors (Lipinski definition) is 8. The summed E-state index contributed by atoms with van der Waals surface area (Å²) < 4.78 is 66.4. The van der Waals surface area contributed by atoms with E-state index in [9.17, 15) is 27.2 Å². The van der Waals surface area contributed by atoms with Gasteiger partial charge < -0.3 is 24.9 Å². The molecular weight excluding hydrogens is 424 g/mol. The molecule has 2 heterocycles. The molecule has 0 fully saturated rings. The van der Waals surface area contributed by atoms with E-state index >= 15 is 0 Å². The first kappa shape index (κ1) is 20.9. The second-order valence-electron chi connectivity index (χ2n) is 5.65. The maximum atomic E-state index is 14.2. The number of nitrogens with one attached hydrogen (secondary N) is 1. The van der Waals surface area contributed by atoms with Gasteiger partial charge in [0.05, 0.1) is 5.69 Å². The number of carbonyl (C=O) groups excluding carboxylic acids is 2. The smallest absolute Gasteiger partial charge is 0.435 e. The number of nitrogens with two attached hydrogens (primary N) is 1. The van der Waals surface area contributed by atoms with Gasteiger partial charge in [-0.1, -0.05) is 0 Å². The van der Waals surface area contributed by atoms with Crippen molar-refractivity contribution in [1.82, 2.24) is 10.2 Å². The van der Waals surface area contributed by atoms with Gasteiger partial charge in [0, 0.05) is 23.3 Å². The monoisotopic (exact) mass is 436 g/mol. The molecule has 14 heteroatoms. The van der Waals surface area contributed by atoms with Gasteiger partial charge in [0.2, 0.25) is 5.89 Å². The van der Waals surface area contributed by atoms with Gasteiger partial charge in [-0.05, 0) is 18.2 Å². The van der Waals surface area contributed by atoms with Crippen molar-refractivity contribution in [3.05, 3.63) is 24.1 Å². The van der Waals surface area contributed by atoms with Crippen molar-refractivity contribution in [2.24, 2.45) is 5.73 Å². The highest BCUT2D eigenvalue weighted by Gasteiger charge is 2.62. The minimum Gasteiger partial charge on any atom is -0.435 e. The molecule has 1 aromatic heterocycles. The molecule has 0 saturated carbocycles. The highest BCUT2D eigenvalue weighted by molar-refractivity contribution is 7.99. The third-order valence-corrected chi connectivity index (χ3v) is 4.91. The Labute approximate surface area is 163 Å². The van der Waals surface area contributed by atoms with E-state index in [0.717, 1.165) is 0 Å². The lowest BCUT2D eigenvalue weighted by Gasteiger charge is -2.21. The van der Waals surface area contributed by atoms with Gasteiger partial charge in [-0.25, -0.2) is 4.79 Å². The fourth-order valence-corrected chi connectivity index (χ4v) is 3.34. The van der Waals surface area contributed by atoms with Crippen LogP contribution in [0, 0.1) is 0 Å². The summed E-state index contributed by atoms with van der Waals surface area (Å²) in [5.74, 6) is -6.69. The Bertz CT molecular complexity index is 953. The molecule has 0 bridgehead atoms. The Morgan fingerprint density at radius 3 is 2.69 bits per heavy atom. The Morgan fingerprint density at radius 2 is 2.07 bits per heavy atom. The van der Waals surface area contributed by atoms with Gasteiger partial charge in [0.15, 0.2) is 6.10 Å². The van der Waals surface area contributed by atoms with Crippen LogP contribution in [-0.2, 0) is 20.1 Å². The molecule has 3 N–H and O–H groups in total. The number of halogens is 4. The van der Waals surface area contributed by atoms with Crippen LogP contribution in [0.4, 0.5) is 28.0 Å². The summed E-state index contributed by atoms with van der Waals surface area (Å²) in [6, 6.07) is 4.28. The summed E-state index contributed by atoms with van der Waals surface area (Å²) in [7, 11) is 0.511. The predicted octanol–water partition coefficient (Wildman–Crippen LogP) is 2.58. The summed E-state index contributed by atoms with van der Waals surface area (Å²) in [5.41, 5.74) is 5.28. The zero-order valence-electron chi connectivity index (χ0n) is 14.4. The molecule has 2 aromatic rings. The van der Waals surface area contributed by atoms with Crippen molar-refractivity contribution in [3.8, 4) is 11.5 Å². The number of methoxy groups -OCH3 is 1. The lowest BCUT2D eigenvalue weighted by molar-refractivity contribution is -0.341. The Hall–Kier alpha value is -2.87. The first-order valence-electron chi connectivity index (χ1n) is 7.74. The minimum atomic E-state index is -5.45. The van der Waals surface area contributed by atoms with Crippen molar-refractivity contribution < 1.29 is 41.0 Å². The molecule has 0 radical (unpaired) electrons. The van der Waals surface area contributed by atoms with Crippen molar-refractivity contribution >= 4 is 29.4 Å². The Balaban J connectivity index is 1.90. The number of benzene rings is 1. The van der Waals surface area contributed by atoms with Crippen molar-refractivity contribution in [1.29, 1.82) is 0 Å². The normalized spacial score (nSPS) is 18.9. The minimum absolute atomic E-state index is 0.0929. The first-order valence-corrected chi connectivity index (χ1v) is 8.72. The second kappa shape index (κ2) is 7.51. The highest BCUT2D eigenvalue weighted by Crippen LogP contribution is 2.43. The van der Waals surface area contributed by atoms with E-state index < -0.39 is 41.9 Å². The van der Waals surface area contributed by atoms with Crippen LogP contribution >= 0.6 is 11.8 Å². The number of amides is 2. The number of nitrogens with zero attached hydrogens (tertiary/aromatic N) is 2. The number of ether oxygens (including phenoxy) is 2. The number of aromatic nitrogens is 2. The second-order valence-corrected chi connectivity index (χ2v) is 6.71. The molecule has 2 atom stereocenters. The van der Waals surface area contributed by atoms with E-state index in [2.05, 4.69) is 20.3 Å². The lowest BCUT2D eigenvalue weighted by Crippen LogP contribution is -2.40. The van der Waals surface area contributed by atoms with Crippen molar-refractivity contribution in [3.63, 3.8) is 0 Å². The van der Waals surface area contributed by atoms with Gasteiger partial charge in [0.1, 0.15) is 0 Å². The zero-order chi connectivity index (χ0) is 21.4. The van der Waals surface area contributed by atoms with Crippen LogP contribution < -0.4 is 11.1 Å². The largest absolute Gasteiger partial charge is 0.458 e. The summed E-state index contributed by atoms with van der Waals surface area (Å²) in [6.07, 6.45) is -7.70. The third kappa shape index (κ3) is 3.98. The average Bonchev–Trinajstić information content (AvgIpc) is 3.08. The van der Waals surface area contributed by atoms with E-state index in [4.69, 9.17) is 14.9 Å². The molecular formula is C15H12F4N4O5S. The summed E-state index contributed by atoms with van der Waals surface area (Å²) in [4.78, 5) is 23.6. The van der Waals surface area contributed by atoms with Gasteiger partial charge in [-0.2, -0.15) is 17.6 Å². The third-order valence-electron chi connectivity index (χ3n) is 3.77. The number of hydrogen-bond donors (Lipinski definition) is 2. The van der Waals surface area contributed by atoms with Crippen LogP contribution in [0.3, 0.4) is 0 Å². The highest BCUT2D eigenvalue weighted by atomic mass is 32.2. The number of rotatable bonds is 4. The van der Waals surface area contributed by atoms with E-state index in [1.54, 1.807) is 0 Å². The topological polar surface area (TPSA) is 130 Å². The molecule has 0 aliphatic carbocycles. The van der Waals surface area contributed by atoms with Gasteiger partial charge in [0.25, 0.3) is 11.8 Å². The molecule has 3 rings (SSSR count). The number of carbonyl (C=O) groups is 2. The number of primary amides is 1. The fourth-order valence-electron chi connectivity index (χ4n) is 2.36. The van der Waals surface area contributed by atoms with Gasteiger partial charge in [-0.3, -0.25) is 4.79 Å². The molecule has 1 aliphatic heterocycles. The van der Waals surface area contributed by atoms with Crippen LogP contribution in [0.1, 0.15) is 5.89 Å². The first-order chi connectivity index (χ1) is 13.5. The number of alkyl halides is 4. The van der Waals surface area contributed by atoms with E-state index in [1.807, 2.05) is 0 Å². The fraction of sp³-hybridized carbons (Fsp3) is 0.333. The number of thioether (sulfide) groups is 1. The van der Waals surface area contributed by atoms with E-state index in [1.165, 1.54) is 30.0 Å². The van der Waals surface area contributed by atoms with Crippen LogP contribution in [0.25, 0.3) is 11.5 Å². The van der Waals surface area contributed by atoms with E-state index in [0.29, 0.717) is 12.0 Å². The average molecular weight is 436 g/mol. The lowest BCUT2D eigenvalue weighted by atomic mass is 10.2. The molecule has 2 amide bonds. The van der Waals surface area contributed by atoms with Gasteiger partial charge >= 0.3 is 18.1 Å². The Kier molecular flexibility index (Phi) is 5.40. The molecule has 29 heavy (non-hydrogen) atoms. The summed E-state index contributed by atoms with van der Waals surface area (Å²) in [6.45, 7) is 0.